The van der Waals surface area contributed by atoms with Crippen molar-refractivity contribution in [2.45, 2.75) is 32.8 Å². The van der Waals surface area contributed by atoms with Crippen molar-refractivity contribution in [3.63, 3.8) is 0 Å². The second-order valence-electron chi connectivity index (χ2n) is 3.56. The Morgan fingerprint density at radius 2 is 1.83 bits per heavy atom. The SMILES string of the molecule is CCC(O)(C(=O)O)C(C)(C)CO. The number of aliphatic hydroxyl groups excluding tert-OH is 1. The minimum atomic E-state index is -1.85. The molecule has 0 aliphatic rings. The minimum Gasteiger partial charge on any atom is -0.479 e. The quantitative estimate of drug-likeness (QED) is 0.573. The second-order valence-corrected chi connectivity index (χ2v) is 3.56. The maximum Gasteiger partial charge on any atom is 0.336 e. The molecule has 0 bridgehead atoms. The predicted molar refractivity (Wildman–Crippen MR) is 43.7 cm³/mol. The van der Waals surface area contributed by atoms with Gasteiger partial charge in [-0.25, -0.2) is 4.79 Å². The smallest absolute Gasteiger partial charge is 0.336 e. The molecular weight excluding hydrogens is 160 g/mol. The highest BCUT2D eigenvalue weighted by molar-refractivity contribution is 5.78. The van der Waals surface area contributed by atoms with Gasteiger partial charge in [-0.1, -0.05) is 20.8 Å². The van der Waals surface area contributed by atoms with Crippen LogP contribution < -0.4 is 0 Å². The lowest BCUT2D eigenvalue weighted by molar-refractivity contribution is -0.177. The lowest BCUT2D eigenvalue weighted by Gasteiger charge is -2.37. The Kier molecular flexibility index (Phi) is 3.24. The molecule has 1 atom stereocenters. The van der Waals surface area contributed by atoms with Gasteiger partial charge in [0.05, 0.1) is 6.61 Å². The molecule has 0 aliphatic heterocycles. The number of hydrogen-bond acceptors (Lipinski definition) is 3. The third kappa shape index (κ3) is 1.59. The molecule has 4 heteroatoms. The van der Waals surface area contributed by atoms with Crippen molar-refractivity contribution < 1.29 is 20.1 Å². The fraction of sp³-hybridized carbons (Fsp3) is 0.875. The van der Waals surface area contributed by atoms with Crippen LogP contribution in [0.5, 0.6) is 0 Å². The van der Waals surface area contributed by atoms with Gasteiger partial charge in [-0.05, 0) is 6.42 Å². The van der Waals surface area contributed by atoms with E-state index in [9.17, 15) is 9.90 Å². The number of carboxylic acid groups (broad SMARTS) is 1. The Labute approximate surface area is 71.8 Å². The zero-order chi connectivity index (χ0) is 9.99. The third-order valence-electron chi connectivity index (χ3n) is 2.38. The van der Waals surface area contributed by atoms with Crippen molar-refractivity contribution in [3.05, 3.63) is 0 Å². The molecule has 0 saturated carbocycles. The van der Waals surface area contributed by atoms with Crippen LogP contribution in [0.15, 0.2) is 0 Å². The van der Waals surface area contributed by atoms with Gasteiger partial charge in [0.15, 0.2) is 5.60 Å². The highest BCUT2D eigenvalue weighted by atomic mass is 16.4. The Morgan fingerprint density at radius 3 is 1.92 bits per heavy atom. The molecule has 0 aliphatic carbocycles. The Hall–Kier alpha value is -0.610. The summed E-state index contributed by atoms with van der Waals surface area (Å²) < 4.78 is 0. The maximum atomic E-state index is 10.7. The van der Waals surface area contributed by atoms with Gasteiger partial charge in [0.2, 0.25) is 0 Å². The van der Waals surface area contributed by atoms with Crippen LogP contribution in [-0.2, 0) is 4.79 Å². The molecule has 0 spiro atoms. The molecule has 0 aromatic heterocycles. The van der Waals surface area contributed by atoms with E-state index < -0.39 is 17.0 Å². The standard InChI is InChI=1S/C8H16O4/c1-4-8(12,6(10)11)7(2,3)5-9/h9,12H,4-5H2,1-3H3,(H,10,11). The van der Waals surface area contributed by atoms with Gasteiger partial charge in [-0.3, -0.25) is 0 Å². The van der Waals surface area contributed by atoms with Crippen LogP contribution >= 0.6 is 0 Å². The molecule has 0 aromatic rings. The number of aliphatic carboxylic acids is 1. The molecule has 0 rings (SSSR count). The van der Waals surface area contributed by atoms with E-state index >= 15 is 0 Å². The fourth-order valence-corrected chi connectivity index (χ4v) is 1.05. The van der Waals surface area contributed by atoms with Gasteiger partial charge in [-0.15, -0.1) is 0 Å². The van der Waals surface area contributed by atoms with E-state index in [-0.39, 0.29) is 13.0 Å². The fourth-order valence-electron chi connectivity index (χ4n) is 1.05. The van der Waals surface area contributed by atoms with Crippen molar-refractivity contribution in [2.24, 2.45) is 5.41 Å². The largest absolute Gasteiger partial charge is 0.479 e. The molecular formula is C8H16O4. The van der Waals surface area contributed by atoms with Crippen LogP contribution in [0.3, 0.4) is 0 Å². The summed E-state index contributed by atoms with van der Waals surface area (Å²) in [6, 6.07) is 0. The zero-order valence-corrected chi connectivity index (χ0v) is 7.66. The van der Waals surface area contributed by atoms with Crippen molar-refractivity contribution in [1.29, 1.82) is 0 Å². The first-order valence-corrected chi connectivity index (χ1v) is 3.88. The van der Waals surface area contributed by atoms with Gasteiger partial charge < -0.3 is 15.3 Å². The van der Waals surface area contributed by atoms with Crippen LogP contribution in [0.25, 0.3) is 0 Å². The van der Waals surface area contributed by atoms with E-state index in [1.807, 2.05) is 0 Å². The summed E-state index contributed by atoms with van der Waals surface area (Å²) >= 11 is 0. The highest BCUT2D eigenvalue weighted by Crippen LogP contribution is 2.33. The average Bonchev–Trinajstić information content (AvgIpc) is 2.02. The molecule has 12 heavy (non-hydrogen) atoms. The normalized spacial score (nSPS) is 17.1. The van der Waals surface area contributed by atoms with E-state index in [1.165, 1.54) is 13.8 Å². The Balaban J connectivity index is 4.87. The molecule has 0 saturated heterocycles. The molecule has 0 amide bonds. The van der Waals surface area contributed by atoms with Crippen LogP contribution in [0.4, 0.5) is 0 Å². The highest BCUT2D eigenvalue weighted by Gasteiger charge is 2.48. The van der Waals surface area contributed by atoms with E-state index in [2.05, 4.69) is 0 Å². The summed E-state index contributed by atoms with van der Waals surface area (Å²) in [5, 5.41) is 27.3. The summed E-state index contributed by atoms with van der Waals surface area (Å²) in [7, 11) is 0. The molecule has 3 N–H and O–H groups in total. The maximum absolute atomic E-state index is 10.7. The first-order chi connectivity index (χ1) is 5.31. The van der Waals surface area contributed by atoms with Crippen LogP contribution in [-0.4, -0.2) is 33.5 Å². The molecule has 0 heterocycles. The van der Waals surface area contributed by atoms with Gasteiger partial charge in [0.1, 0.15) is 0 Å². The summed E-state index contributed by atoms with van der Waals surface area (Å²) in [6.45, 7) is 4.25. The van der Waals surface area contributed by atoms with E-state index in [1.54, 1.807) is 6.92 Å². The van der Waals surface area contributed by atoms with E-state index in [0.29, 0.717) is 0 Å². The Bertz CT molecular complexity index is 176. The van der Waals surface area contributed by atoms with E-state index in [0.717, 1.165) is 0 Å². The van der Waals surface area contributed by atoms with Crippen molar-refractivity contribution in [3.8, 4) is 0 Å². The third-order valence-corrected chi connectivity index (χ3v) is 2.38. The lowest BCUT2D eigenvalue weighted by atomic mass is 9.74. The summed E-state index contributed by atoms with van der Waals surface area (Å²) in [5.74, 6) is -1.29. The number of carboxylic acids is 1. The van der Waals surface area contributed by atoms with Crippen molar-refractivity contribution in [2.75, 3.05) is 6.61 Å². The molecule has 1 unspecified atom stereocenters. The van der Waals surface area contributed by atoms with Gasteiger partial charge in [-0.2, -0.15) is 0 Å². The molecule has 0 fully saturated rings. The van der Waals surface area contributed by atoms with Crippen LogP contribution in [0.1, 0.15) is 27.2 Å². The molecule has 0 radical (unpaired) electrons. The summed E-state index contributed by atoms with van der Waals surface area (Å²) in [6.07, 6.45) is 0.0793. The van der Waals surface area contributed by atoms with Crippen LogP contribution in [0.2, 0.25) is 0 Å². The second kappa shape index (κ2) is 3.41. The summed E-state index contributed by atoms with van der Waals surface area (Å²) in [5.41, 5.74) is -2.87. The molecule has 4 nitrogen and oxygen atoms in total. The number of carbonyl (C=O) groups is 1. The van der Waals surface area contributed by atoms with Gasteiger partial charge in [0.25, 0.3) is 0 Å². The molecule has 0 aromatic carbocycles. The zero-order valence-electron chi connectivity index (χ0n) is 7.66. The lowest BCUT2D eigenvalue weighted by Crippen LogP contribution is -2.52. The topological polar surface area (TPSA) is 77.8 Å². The number of aliphatic hydroxyl groups is 2. The number of rotatable bonds is 4. The number of hydrogen-bond donors (Lipinski definition) is 3. The van der Waals surface area contributed by atoms with Gasteiger partial charge in [0, 0.05) is 5.41 Å². The average molecular weight is 176 g/mol. The monoisotopic (exact) mass is 176 g/mol. The first-order valence-electron chi connectivity index (χ1n) is 3.88. The van der Waals surface area contributed by atoms with E-state index in [4.69, 9.17) is 10.2 Å². The molecule has 72 valence electrons. The van der Waals surface area contributed by atoms with Crippen LogP contribution in [0, 0.1) is 5.41 Å². The Morgan fingerprint density at radius 1 is 1.42 bits per heavy atom. The predicted octanol–water partition coefficient (Wildman–Crippen LogP) is 0.231. The van der Waals surface area contributed by atoms with Gasteiger partial charge >= 0.3 is 5.97 Å². The minimum absolute atomic E-state index is 0.0793. The first kappa shape index (κ1) is 11.4. The van der Waals surface area contributed by atoms with Crippen molar-refractivity contribution in [1.82, 2.24) is 0 Å². The van der Waals surface area contributed by atoms with Crippen molar-refractivity contribution >= 4 is 5.97 Å². The summed E-state index contributed by atoms with van der Waals surface area (Å²) in [4.78, 5) is 10.7.